The second-order valence-corrected chi connectivity index (χ2v) is 7.24. The van der Waals surface area contributed by atoms with E-state index in [0.717, 1.165) is 13.0 Å². The van der Waals surface area contributed by atoms with Gasteiger partial charge in [-0.3, -0.25) is 0 Å². The molecule has 0 aromatic rings. The predicted octanol–water partition coefficient (Wildman–Crippen LogP) is 2.01. The van der Waals surface area contributed by atoms with E-state index in [4.69, 9.17) is 9.47 Å². The molecule has 6 heteroatoms. The van der Waals surface area contributed by atoms with Crippen LogP contribution >= 0.6 is 0 Å². The van der Waals surface area contributed by atoms with Crippen molar-refractivity contribution in [1.29, 1.82) is 0 Å². The maximum Gasteiger partial charge on any atom is 0.410 e. The maximum atomic E-state index is 12.1. The van der Waals surface area contributed by atoms with E-state index >= 15 is 0 Å². The highest BCUT2D eigenvalue weighted by molar-refractivity contribution is 5.68. The first-order chi connectivity index (χ1) is 9.97. The van der Waals surface area contributed by atoms with E-state index in [9.17, 15) is 9.90 Å². The molecule has 0 saturated heterocycles. The molecular formula is C16H34N2O4. The molecule has 0 aromatic heterocycles. The number of carbonyl (C=O) groups excluding carboxylic acids is 1. The monoisotopic (exact) mass is 318 g/mol. The Morgan fingerprint density at radius 3 is 2.27 bits per heavy atom. The molecule has 0 heterocycles. The lowest BCUT2D eigenvalue weighted by Gasteiger charge is -2.28. The lowest BCUT2D eigenvalue weighted by Crippen LogP contribution is -2.44. The van der Waals surface area contributed by atoms with Crippen LogP contribution in [0.5, 0.6) is 0 Å². The Bertz CT molecular complexity index is 325. The maximum absolute atomic E-state index is 12.1. The highest BCUT2D eigenvalue weighted by Gasteiger charge is 2.23. The second kappa shape index (κ2) is 9.33. The zero-order chi connectivity index (χ0) is 17.4. The summed E-state index contributed by atoms with van der Waals surface area (Å²) in [6, 6.07) is 0. The molecule has 0 radical (unpaired) electrons. The SMILES string of the molecule is COC(C)(C)CCNCCN(CC(C)O)C(=O)OC(C)(C)C. The number of nitrogens with zero attached hydrogens (tertiary/aromatic N) is 1. The summed E-state index contributed by atoms with van der Waals surface area (Å²) in [6.45, 7) is 13.4. The molecule has 0 aliphatic heterocycles. The van der Waals surface area contributed by atoms with Gasteiger partial charge in [-0.15, -0.1) is 0 Å². The Balaban J connectivity index is 4.23. The first-order valence-electron chi connectivity index (χ1n) is 7.89. The Morgan fingerprint density at radius 1 is 1.23 bits per heavy atom. The van der Waals surface area contributed by atoms with Crippen molar-refractivity contribution < 1.29 is 19.4 Å². The van der Waals surface area contributed by atoms with Crippen molar-refractivity contribution in [3.05, 3.63) is 0 Å². The van der Waals surface area contributed by atoms with E-state index in [2.05, 4.69) is 5.32 Å². The topological polar surface area (TPSA) is 71.0 Å². The molecule has 0 rings (SSSR count). The van der Waals surface area contributed by atoms with Crippen LogP contribution < -0.4 is 5.32 Å². The van der Waals surface area contributed by atoms with Crippen LogP contribution in [0.15, 0.2) is 0 Å². The van der Waals surface area contributed by atoms with E-state index < -0.39 is 17.8 Å². The van der Waals surface area contributed by atoms with Crippen LogP contribution in [0.4, 0.5) is 4.79 Å². The van der Waals surface area contributed by atoms with Crippen molar-refractivity contribution >= 4 is 6.09 Å². The molecule has 132 valence electrons. The van der Waals surface area contributed by atoms with E-state index in [1.807, 2.05) is 34.6 Å². The number of amides is 1. The number of aliphatic hydroxyl groups is 1. The average molecular weight is 318 g/mol. The molecule has 6 nitrogen and oxygen atoms in total. The van der Waals surface area contributed by atoms with Crippen LogP contribution in [-0.2, 0) is 9.47 Å². The summed E-state index contributed by atoms with van der Waals surface area (Å²) >= 11 is 0. The van der Waals surface area contributed by atoms with E-state index in [-0.39, 0.29) is 12.1 Å². The molecule has 0 aliphatic rings. The Labute approximate surface area is 135 Å². The van der Waals surface area contributed by atoms with Gasteiger partial charge in [-0.2, -0.15) is 0 Å². The summed E-state index contributed by atoms with van der Waals surface area (Å²) in [7, 11) is 1.70. The number of carbonyl (C=O) groups is 1. The molecule has 0 fully saturated rings. The number of rotatable bonds is 9. The van der Waals surface area contributed by atoms with Crippen LogP contribution in [0.25, 0.3) is 0 Å². The van der Waals surface area contributed by atoms with Crippen molar-refractivity contribution in [2.75, 3.05) is 33.3 Å². The molecule has 0 saturated carbocycles. The minimum atomic E-state index is -0.583. The Hall–Kier alpha value is -0.850. The van der Waals surface area contributed by atoms with Crippen molar-refractivity contribution in [3.63, 3.8) is 0 Å². The molecule has 2 N–H and O–H groups in total. The summed E-state index contributed by atoms with van der Waals surface area (Å²) in [5.74, 6) is 0. The van der Waals surface area contributed by atoms with Gasteiger partial charge in [0.2, 0.25) is 0 Å². The van der Waals surface area contributed by atoms with Crippen LogP contribution in [-0.4, -0.2) is 66.7 Å². The minimum Gasteiger partial charge on any atom is -0.444 e. The van der Waals surface area contributed by atoms with Gasteiger partial charge >= 0.3 is 6.09 Å². The molecule has 0 spiro atoms. The van der Waals surface area contributed by atoms with Gasteiger partial charge in [0.1, 0.15) is 5.60 Å². The van der Waals surface area contributed by atoms with E-state index in [1.165, 1.54) is 4.90 Å². The van der Waals surface area contributed by atoms with Crippen molar-refractivity contribution in [3.8, 4) is 0 Å². The molecule has 0 aliphatic carbocycles. The summed E-state index contributed by atoms with van der Waals surface area (Å²) in [5.41, 5.74) is -0.693. The van der Waals surface area contributed by atoms with Crippen LogP contribution in [0, 0.1) is 0 Å². The number of hydrogen-bond donors (Lipinski definition) is 2. The molecule has 1 atom stereocenters. The van der Waals surface area contributed by atoms with Gasteiger partial charge in [-0.05, 0) is 54.5 Å². The largest absolute Gasteiger partial charge is 0.444 e. The van der Waals surface area contributed by atoms with Crippen molar-refractivity contribution in [1.82, 2.24) is 10.2 Å². The zero-order valence-electron chi connectivity index (χ0n) is 15.2. The molecular weight excluding hydrogens is 284 g/mol. The zero-order valence-corrected chi connectivity index (χ0v) is 15.2. The van der Waals surface area contributed by atoms with Crippen LogP contribution in [0.3, 0.4) is 0 Å². The summed E-state index contributed by atoms with van der Waals surface area (Å²) in [5, 5.41) is 12.8. The number of aliphatic hydroxyl groups excluding tert-OH is 1. The fourth-order valence-electron chi connectivity index (χ4n) is 1.73. The Morgan fingerprint density at radius 2 is 1.82 bits per heavy atom. The fourth-order valence-corrected chi connectivity index (χ4v) is 1.73. The lowest BCUT2D eigenvalue weighted by atomic mass is 10.1. The quantitative estimate of drug-likeness (QED) is 0.636. The molecule has 1 amide bonds. The van der Waals surface area contributed by atoms with Gasteiger partial charge in [0, 0.05) is 26.7 Å². The normalized spacial score (nSPS) is 13.8. The standard InChI is InChI=1S/C16H34N2O4/c1-13(19)12-18(14(20)22-15(2,3)4)11-10-17-9-8-16(5,6)21-7/h13,17,19H,8-12H2,1-7H3. The van der Waals surface area contributed by atoms with Crippen LogP contribution in [0.1, 0.15) is 48.0 Å². The third kappa shape index (κ3) is 10.8. The highest BCUT2D eigenvalue weighted by atomic mass is 16.6. The Kier molecular flexibility index (Phi) is 8.96. The van der Waals surface area contributed by atoms with Crippen molar-refractivity contribution in [2.24, 2.45) is 0 Å². The van der Waals surface area contributed by atoms with Gasteiger partial charge in [0.15, 0.2) is 0 Å². The summed E-state index contributed by atoms with van der Waals surface area (Å²) in [6.07, 6.45) is -0.0980. The highest BCUT2D eigenvalue weighted by Crippen LogP contribution is 2.12. The molecule has 0 bridgehead atoms. The van der Waals surface area contributed by atoms with Crippen LogP contribution in [0.2, 0.25) is 0 Å². The van der Waals surface area contributed by atoms with Gasteiger partial charge in [0.05, 0.1) is 11.7 Å². The summed E-state index contributed by atoms with van der Waals surface area (Å²) in [4.78, 5) is 13.6. The second-order valence-electron chi connectivity index (χ2n) is 7.24. The number of nitrogens with one attached hydrogen (secondary N) is 1. The van der Waals surface area contributed by atoms with Crippen molar-refractivity contribution in [2.45, 2.75) is 65.3 Å². The molecule has 22 heavy (non-hydrogen) atoms. The number of methoxy groups -OCH3 is 1. The molecule has 0 aromatic carbocycles. The lowest BCUT2D eigenvalue weighted by molar-refractivity contribution is 0.0128. The van der Waals surface area contributed by atoms with Gasteiger partial charge in [0.25, 0.3) is 0 Å². The minimum absolute atomic E-state index is 0.155. The fraction of sp³-hybridized carbons (Fsp3) is 0.938. The van der Waals surface area contributed by atoms with Gasteiger partial charge in [-0.1, -0.05) is 0 Å². The van der Waals surface area contributed by atoms with Gasteiger partial charge < -0.3 is 24.8 Å². The first kappa shape index (κ1) is 21.1. The smallest absolute Gasteiger partial charge is 0.410 e. The third-order valence-corrected chi connectivity index (χ3v) is 3.15. The third-order valence-electron chi connectivity index (χ3n) is 3.15. The average Bonchev–Trinajstić information content (AvgIpc) is 2.34. The first-order valence-corrected chi connectivity index (χ1v) is 7.89. The van der Waals surface area contributed by atoms with Gasteiger partial charge in [-0.25, -0.2) is 4.79 Å². The van der Waals surface area contributed by atoms with E-state index in [1.54, 1.807) is 14.0 Å². The number of ether oxygens (including phenoxy) is 2. The predicted molar refractivity (Wildman–Crippen MR) is 88.1 cm³/mol. The molecule has 1 unspecified atom stereocenters. The van der Waals surface area contributed by atoms with E-state index in [0.29, 0.717) is 13.1 Å². The summed E-state index contributed by atoms with van der Waals surface area (Å²) < 4.78 is 10.7. The number of hydrogen-bond acceptors (Lipinski definition) is 5.